The number of hydrogen-bond acceptors (Lipinski definition) is 4. The summed E-state index contributed by atoms with van der Waals surface area (Å²) >= 11 is 0. The minimum atomic E-state index is -0.138. The summed E-state index contributed by atoms with van der Waals surface area (Å²) in [7, 11) is 3.21. The Balaban J connectivity index is 1.93. The Morgan fingerprint density at radius 2 is 1.61 bits per heavy atom. The minimum Gasteiger partial charge on any atom is -0.508 e. The number of ether oxygens (including phenoxy) is 2. The number of fused-ring (bicyclic) bond motifs is 4. The van der Waals surface area contributed by atoms with E-state index in [9.17, 15) is 10.2 Å². The maximum absolute atomic E-state index is 10.2. The summed E-state index contributed by atoms with van der Waals surface area (Å²) in [5, 5.41) is 20.3. The molecule has 120 valence electrons. The maximum atomic E-state index is 10.2. The number of aromatic hydroxyl groups is 2. The quantitative estimate of drug-likeness (QED) is 0.893. The Morgan fingerprint density at radius 1 is 0.870 bits per heavy atom. The largest absolute Gasteiger partial charge is 0.508 e. The van der Waals surface area contributed by atoms with Gasteiger partial charge in [0.2, 0.25) is 0 Å². The first-order valence-corrected chi connectivity index (χ1v) is 7.90. The third-order valence-electron chi connectivity index (χ3n) is 5.47. The smallest absolute Gasteiger partial charge is 0.160 e. The van der Waals surface area contributed by atoms with Gasteiger partial charge in [-0.05, 0) is 66.1 Å². The molecule has 1 atom stereocenters. The SMILES string of the molecule is COc1cc2c(cc1O)C1(CC2)CCc2c(OC)cc(O)cc21. The molecule has 23 heavy (non-hydrogen) atoms. The van der Waals surface area contributed by atoms with Crippen molar-refractivity contribution >= 4 is 0 Å². The Kier molecular flexibility index (Phi) is 2.98. The van der Waals surface area contributed by atoms with Gasteiger partial charge >= 0.3 is 0 Å². The molecular formula is C19H20O4. The highest BCUT2D eigenvalue weighted by Crippen LogP contribution is 2.56. The van der Waals surface area contributed by atoms with Crippen LogP contribution in [0.2, 0.25) is 0 Å². The van der Waals surface area contributed by atoms with E-state index in [1.54, 1.807) is 20.3 Å². The lowest BCUT2D eigenvalue weighted by atomic mass is 9.76. The van der Waals surface area contributed by atoms with Crippen molar-refractivity contribution in [2.45, 2.75) is 31.1 Å². The summed E-state index contributed by atoms with van der Waals surface area (Å²) in [5.41, 5.74) is 4.55. The van der Waals surface area contributed by atoms with Gasteiger partial charge in [-0.3, -0.25) is 0 Å². The molecule has 0 saturated carbocycles. The lowest BCUT2D eigenvalue weighted by Gasteiger charge is -2.27. The third-order valence-corrected chi connectivity index (χ3v) is 5.47. The first kappa shape index (κ1) is 14.2. The number of hydrogen-bond donors (Lipinski definition) is 2. The second kappa shape index (κ2) is 4.82. The summed E-state index contributed by atoms with van der Waals surface area (Å²) in [4.78, 5) is 0. The monoisotopic (exact) mass is 312 g/mol. The van der Waals surface area contributed by atoms with Crippen LogP contribution in [0, 0.1) is 0 Å². The molecule has 2 aliphatic rings. The zero-order valence-electron chi connectivity index (χ0n) is 13.3. The standard InChI is InChI=1S/C19H20O4/c1-22-17-9-12(20)8-15-13(17)4-6-19(15)5-3-11-7-18(23-2)16(21)10-14(11)19/h7-10,20-21H,3-6H2,1-2H3. The van der Waals surface area contributed by atoms with Crippen molar-refractivity contribution in [1.29, 1.82) is 0 Å². The van der Waals surface area contributed by atoms with Crippen LogP contribution < -0.4 is 9.47 Å². The van der Waals surface area contributed by atoms with Crippen LogP contribution in [0.5, 0.6) is 23.0 Å². The lowest BCUT2D eigenvalue weighted by Crippen LogP contribution is -2.21. The van der Waals surface area contributed by atoms with Crippen molar-refractivity contribution in [3.05, 3.63) is 46.5 Å². The topological polar surface area (TPSA) is 58.9 Å². The number of aryl methyl sites for hydroxylation is 1. The van der Waals surface area contributed by atoms with Crippen molar-refractivity contribution in [2.24, 2.45) is 0 Å². The zero-order valence-corrected chi connectivity index (χ0v) is 13.3. The Labute approximate surface area is 135 Å². The fourth-order valence-corrected chi connectivity index (χ4v) is 4.42. The van der Waals surface area contributed by atoms with Crippen molar-refractivity contribution < 1.29 is 19.7 Å². The van der Waals surface area contributed by atoms with Gasteiger partial charge in [0.05, 0.1) is 14.2 Å². The van der Waals surface area contributed by atoms with Crippen LogP contribution in [0.4, 0.5) is 0 Å². The van der Waals surface area contributed by atoms with Crippen molar-refractivity contribution in [3.63, 3.8) is 0 Å². The molecule has 0 heterocycles. The van der Waals surface area contributed by atoms with Crippen LogP contribution in [0.25, 0.3) is 0 Å². The van der Waals surface area contributed by atoms with Gasteiger partial charge < -0.3 is 19.7 Å². The molecule has 4 rings (SSSR count). The van der Waals surface area contributed by atoms with E-state index >= 15 is 0 Å². The number of phenols is 2. The predicted molar refractivity (Wildman–Crippen MR) is 86.7 cm³/mol. The highest BCUT2D eigenvalue weighted by molar-refractivity contribution is 5.62. The van der Waals surface area contributed by atoms with Gasteiger partial charge in [0.25, 0.3) is 0 Å². The lowest BCUT2D eigenvalue weighted by molar-refractivity contribution is 0.372. The van der Waals surface area contributed by atoms with E-state index in [-0.39, 0.29) is 16.9 Å². The fourth-order valence-electron chi connectivity index (χ4n) is 4.42. The predicted octanol–water partition coefficient (Wildman–Crippen LogP) is 3.29. The average molecular weight is 312 g/mol. The first-order chi connectivity index (χ1) is 11.1. The van der Waals surface area contributed by atoms with Crippen molar-refractivity contribution in [3.8, 4) is 23.0 Å². The zero-order chi connectivity index (χ0) is 16.2. The van der Waals surface area contributed by atoms with Crippen LogP contribution in [0.3, 0.4) is 0 Å². The minimum absolute atomic E-state index is 0.138. The second-order valence-electron chi connectivity index (χ2n) is 6.44. The van der Waals surface area contributed by atoms with E-state index in [1.807, 2.05) is 18.2 Å². The number of phenolic OH excluding ortho intramolecular Hbond substituents is 2. The molecular weight excluding hydrogens is 292 g/mol. The molecule has 0 aromatic heterocycles. The Bertz CT molecular complexity index is 796. The van der Waals surface area contributed by atoms with Gasteiger partial charge in [0.1, 0.15) is 11.5 Å². The number of benzene rings is 2. The molecule has 4 heteroatoms. The van der Waals surface area contributed by atoms with Crippen molar-refractivity contribution in [1.82, 2.24) is 0 Å². The van der Waals surface area contributed by atoms with Crippen LogP contribution in [0.1, 0.15) is 35.1 Å². The maximum Gasteiger partial charge on any atom is 0.160 e. The highest BCUT2D eigenvalue weighted by atomic mass is 16.5. The van der Waals surface area contributed by atoms with E-state index in [4.69, 9.17) is 9.47 Å². The molecule has 0 bridgehead atoms. The summed E-state index contributed by atoms with van der Waals surface area (Å²) < 4.78 is 10.7. The molecule has 0 saturated heterocycles. The fraction of sp³-hybridized carbons (Fsp3) is 0.368. The van der Waals surface area contributed by atoms with E-state index in [0.29, 0.717) is 5.75 Å². The van der Waals surface area contributed by atoms with E-state index in [2.05, 4.69) is 0 Å². The summed E-state index contributed by atoms with van der Waals surface area (Å²) in [6.45, 7) is 0. The van der Waals surface area contributed by atoms with E-state index in [0.717, 1.165) is 42.6 Å². The molecule has 0 fully saturated rings. The Morgan fingerprint density at radius 3 is 2.35 bits per heavy atom. The second-order valence-corrected chi connectivity index (χ2v) is 6.44. The Hall–Kier alpha value is -2.36. The van der Waals surface area contributed by atoms with Gasteiger partial charge in [-0.15, -0.1) is 0 Å². The average Bonchev–Trinajstić information content (AvgIpc) is 3.09. The molecule has 2 N–H and O–H groups in total. The summed E-state index contributed by atoms with van der Waals surface area (Å²) in [6.07, 6.45) is 3.82. The molecule has 2 aliphatic carbocycles. The number of methoxy groups -OCH3 is 2. The normalized spacial score (nSPS) is 21.3. The summed E-state index contributed by atoms with van der Waals surface area (Å²) in [5.74, 6) is 1.68. The van der Waals surface area contributed by atoms with Crippen LogP contribution >= 0.6 is 0 Å². The molecule has 2 aromatic rings. The number of rotatable bonds is 2. The molecule has 0 aliphatic heterocycles. The van der Waals surface area contributed by atoms with E-state index in [1.165, 1.54) is 11.1 Å². The molecule has 2 aromatic carbocycles. The van der Waals surface area contributed by atoms with Crippen LogP contribution in [0.15, 0.2) is 24.3 Å². The third kappa shape index (κ3) is 1.84. The molecule has 0 radical (unpaired) electrons. The van der Waals surface area contributed by atoms with Gasteiger partial charge in [0.15, 0.2) is 11.5 Å². The van der Waals surface area contributed by atoms with Crippen LogP contribution in [-0.4, -0.2) is 24.4 Å². The first-order valence-electron chi connectivity index (χ1n) is 7.90. The molecule has 1 spiro atoms. The van der Waals surface area contributed by atoms with Gasteiger partial charge in [-0.2, -0.15) is 0 Å². The molecule has 1 unspecified atom stereocenters. The van der Waals surface area contributed by atoms with Gasteiger partial charge in [0, 0.05) is 11.5 Å². The van der Waals surface area contributed by atoms with Gasteiger partial charge in [-0.1, -0.05) is 0 Å². The van der Waals surface area contributed by atoms with Crippen molar-refractivity contribution in [2.75, 3.05) is 14.2 Å². The van der Waals surface area contributed by atoms with Crippen LogP contribution in [-0.2, 0) is 18.3 Å². The molecule has 4 nitrogen and oxygen atoms in total. The van der Waals surface area contributed by atoms with Gasteiger partial charge in [-0.25, -0.2) is 0 Å². The molecule has 0 amide bonds. The highest BCUT2D eigenvalue weighted by Gasteiger charge is 2.46. The summed E-state index contributed by atoms with van der Waals surface area (Å²) in [6, 6.07) is 7.32. The van der Waals surface area contributed by atoms with E-state index < -0.39 is 0 Å².